The number of hydrogen-bond donors (Lipinski definition) is 0. The molecule has 1 aliphatic heterocycles. The first-order chi connectivity index (χ1) is 14.9. The maximum absolute atomic E-state index is 12.7. The quantitative estimate of drug-likeness (QED) is 0.629. The molecule has 0 atom stereocenters. The van der Waals surface area contributed by atoms with E-state index in [0.717, 1.165) is 23.5 Å². The van der Waals surface area contributed by atoms with Gasteiger partial charge in [-0.2, -0.15) is 0 Å². The van der Waals surface area contributed by atoms with Gasteiger partial charge in [0, 0.05) is 43.5 Å². The zero-order chi connectivity index (χ0) is 21.8. The Labute approximate surface area is 176 Å². The molecule has 3 aromatic rings. The zero-order valence-corrected chi connectivity index (χ0v) is 16.4. The molecule has 9 heteroatoms. The maximum atomic E-state index is 12.7. The Morgan fingerprint density at radius 2 is 1.58 bits per heavy atom. The lowest BCUT2D eigenvalue weighted by Gasteiger charge is -2.35. The van der Waals surface area contributed by atoms with E-state index in [9.17, 15) is 18.0 Å². The highest BCUT2D eigenvalue weighted by Crippen LogP contribution is 2.24. The predicted molar refractivity (Wildman–Crippen MR) is 109 cm³/mol. The van der Waals surface area contributed by atoms with Gasteiger partial charge in [-0.25, -0.2) is 9.97 Å². The Morgan fingerprint density at radius 1 is 0.903 bits per heavy atom. The van der Waals surface area contributed by atoms with Crippen LogP contribution < -0.4 is 9.64 Å². The summed E-state index contributed by atoms with van der Waals surface area (Å²) in [5.74, 6) is 0.838. The molecule has 0 aliphatic carbocycles. The lowest BCUT2D eigenvalue weighted by Crippen LogP contribution is -2.49. The Bertz CT molecular complexity index is 1030. The van der Waals surface area contributed by atoms with Crippen LogP contribution in [0.4, 0.5) is 19.0 Å². The van der Waals surface area contributed by atoms with Crippen LogP contribution in [0, 0.1) is 0 Å². The highest BCUT2D eigenvalue weighted by molar-refractivity contribution is 5.94. The molecule has 1 aromatic heterocycles. The number of nitrogens with zero attached hydrogens (tertiary/aromatic N) is 4. The van der Waals surface area contributed by atoms with E-state index in [2.05, 4.69) is 19.6 Å². The molecule has 0 bridgehead atoms. The van der Waals surface area contributed by atoms with Gasteiger partial charge in [0.25, 0.3) is 5.91 Å². The van der Waals surface area contributed by atoms with Crippen molar-refractivity contribution in [1.29, 1.82) is 0 Å². The summed E-state index contributed by atoms with van der Waals surface area (Å²) in [7, 11) is 0. The van der Waals surface area contributed by atoms with Crippen molar-refractivity contribution in [2.45, 2.75) is 6.36 Å². The van der Waals surface area contributed by atoms with E-state index in [1.54, 1.807) is 11.1 Å². The van der Waals surface area contributed by atoms with Crippen LogP contribution in [0.5, 0.6) is 5.75 Å². The number of piperazine rings is 1. The highest BCUT2D eigenvalue weighted by atomic mass is 19.4. The minimum atomic E-state index is -4.76. The van der Waals surface area contributed by atoms with Gasteiger partial charge < -0.3 is 14.5 Å². The van der Waals surface area contributed by atoms with Gasteiger partial charge >= 0.3 is 6.36 Å². The normalized spacial score (nSPS) is 14.4. The van der Waals surface area contributed by atoms with Gasteiger partial charge in [-0.1, -0.05) is 30.3 Å². The number of hydrogen-bond acceptors (Lipinski definition) is 5. The van der Waals surface area contributed by atoms with E-state index in [1.165, 1.54) is 12.1 Å². The number of ether oxygens (including phenoxy) is 1. The number of carbonyl (C=O) groups is 1. The number of benzene rings is 2. The van der Waals surface area contributed by atoms with Gasteiger partial charge in [-0.05, 0) is 30.3 Å². The summed E-state index contributed by atoms with van der Waals surface area (Å²) in [6.07, 6.45) is -3.05. The number of carbonyl (C=O) groups excluding carboxylic acids is 1. The zero-order valence-electron chi connectivity index (χ0n) is 16.4. The lowest BCUT2D eigenvalue weighted by atomic mass is 10.1. The molecule has 160 valence electrons. The second-order valence-corrected chi connectivity index (χ2v) is 6.96. The summed E-state index contributed by atoms with van der Waals surface area (Å²) in [4.78, 5) is 25.4. The Kier molecular flexibility index (Phi) is 5.75. The van der Waals surface area contributed by atoms with Crippen LogP contribution in [-0.2, 0) is 0 Å². The molecule has 0 N–H and O–H groups in total. The van der Waals surface area contributed by atoms with Gasteiger partial charge in [0.05, 0.1) is 0 Å². The largest absolute Gasteiger partial charge is 0.573 e. The van der Waals surface area contributed by atoms with E-state index in [-0.39, 0.29) is 11.7 Å². The van der Waals surface area contributed by atoms with E-state index in [1.807, 2.05) is 36.4 Å². The molecule has 6 nitrogen and oxygen atoms in total. The summed E-state index contributed by atoms with van der Waals surface area (Å²) in [6, 6.07) is 16.5. The van der Waals surface area contributed by atoms with Gasteiger partial charge in [0.15, 0.2) is 5.82 Å². The van der Waals surface area contributed by atoms with Crippen molar-refractivity contribution in [2.24, 2.45) is 0 Å². The van der Waals surface area contributed by atoms with Crippen LogP contribution in [0.15, 0.2) is 66.9 Å². The molecule has 0 spiro atoms. The number of anilines is 1. The number of rotatable bonds is 4. The molecule has 1 fully saturated rings. The highest BCUT2D eigenvalue weighted by Gasteiger charge is 2.31. The summed E-state index contributed by atoms with van der Waals surface area (Å²) < 4.78 is 40.7. The average Bonchev–Trinajstić information content (AvgIpc) is 2.79. The van der Waals surface area contributed by atoms with Crippen LogP contribution >= 0.6 is 0 Å². The van der Waals surface area contributed by atoms with Crippen LogP contribution in [0.2, 0.25) is 0 Å². The van der Waals surface area contributed by atoms with Crippen LogP contribution in [0.3, 0.4) is 0 Å². The molecular weight excluding hydrogens is 409 g/mol. The molecule has 0 radical (unpaired) electrons. The summed E-state index contributed by atoms with van der Waals surface area (Å²) >= 11 is 0. The molecule has 1 amide bonds. The first-order valence-corrected chi connectivity index (χ1v) is 9.67. The Balaban J connectivity index is 1.38. The predicted octanol–water partition coefficient (Wildman–Crippen LogP) is 4.00. The third-order valence-electron chi connectivity index (χ3n) is 4.90. The van der Waals surface area contributed by atoms with E-state index in [4.69, 9.17) is 0 Å². The molecule has 1 saturated heterocycles. The van der Waals surface area contributed by atoms with Crippen molar-refractivity contribution < 1.29 is 22.7 Å². The minimum absolute atomic E-state index is 0.231. The van der Waals surface area contributed by atoms with Gasteiger partial charge in [0.2, 0.25) is 0 Å². The fourth-order valence-electron chi connectivity index (χ4n) is 3.37. The summed E-state index contributed by atoms with van der Waals surface area (Å²) in [5, 5.41) is 0. The van der Waals surface area contributed by atoms with Crippen molar-refractivity contribution in [3.8, 4) is 17.1 Å². The Hall–Kier alpha value is -3.62. The van der Waals surface area contributed by atoms with Gasteiger partial charge in [-0.3, -0.25) is 4.79 Å². The molecule has 0 unspecified atom stereocenters. The molecule has 0 saturated carbocycles. The van der Waals surface area contributed by atoms with Crippen molar-refractivity contribution in [2.75, 3.05) is 31.1 Å². The first-order valence-electron chi connectivity index (χ1n) is 9.67. The molecular formula is C22H19F3N4O2. The third kappa shape index (κ3) is 5.11. The molecule has 2 aromatic carbocycles. The molecule has 1 aliphatic rings. The van der Waals surface area contributed by atoms with E-state index >= 15 is 0 Å². The van der Waals surface area contributed by atoms with Crippen molar-refractivity contribution >= 4 is 11.7 Å². The van der Waals surface area contributed by atoms with Gasteiger partial charge in [-0.15, -0.1) is 13.2 Å². The Morgan fingerprint density at radius 3 is 2.23 bits per heavy atom. The molecule has 4 rings (SSSR count). The van der Waals surface area contributed by atoms with Crippen molar-refractivity contribution in [1.82, 2.24) is 14.9 Å². The fraction of sp³-hybridized carbons (Fsp3) is 0.227. The fourth-order valence-corrected chi connectivity index (χ4v) is 3.37. The third-order valence-corrected chi connectivity index (χ3v) is 4.90. The van der Waals surface area contributed by atoms with Crippen LogP contribution in [0.1, 0.15) is 10.4 Å². The summed E-state index contributed by atoms with van der Waals surface area (Å²) in [5.41, 5.74) is 1.24. The van der Waals surface area contributed by atoms with Gasteiger partial charge in [0.1, 0.15) is 11.6 Å². The first kappa shape index (κ1) is 20.6. The maximum Gasteiger partial charge on any atom is 0.573 e. The monoisotopic (exact) mass is 428 g/mol. The van der Waals surface area contributed by atoms with E-state index in [0.29, 0.717) is 37.6 Å². The average molecular weight is 428 g/mol. The molecule has 2 heterocycles. The standard InChI is InChI=1S/C22H19F3N4O2/c23-22(24,25)31-18-8-6-17(7-9-18)21(30)29-14-12-28(13-15-29)19-10-11-26-20(27-19)16-4-2-1-3-5-16/h1-11H,12-15H2. The number of aromatic nitrogens is 2. The second kappa shape index (κ2) is 8.63. The van der Waals surface area contributed by atoms with Crippen LogP contribution in [-0.4, -0.2) is 53.3 Å². The van der Waals surface area contributed by atoms with E-state index < -0.39 is 6.36 Å². The van der Waals surface area contributed by atoms with Crippen molar-refractivity contribution in [3.05, 3.63) is 72.4 Å². The smallest absolute Gasteiger partial charge is 0.406 e. The minimum Gasteiger partial charge on any atom is -0.406 e. The SMILES string of the molecule is O=C(c1ccc(OC(F)(F)F)cc1)N1CCN(c2ccnc(-c3ccccc3)n2)CC1. The molecule has 31 heavy (non-hydrogen) atoms. The number of amides is 1. The topological polar surface area (TPSA) is 58.6 Å². The number of alkyl halides is 3. The number of halogens is 3. The lowest BCUT2D eigenvalue weighted by molar-refractivity contribution is -0.274. The second-order valence-electron chi connectivity index (χ2n) is 6.96. The summed E-state index contributed by atoms with van der Waals surface area (Å²) in [6.45, 7) is 2.13. The van der Waals surface area contributed by atoms with Crippen LogP contribution in [0.25, 0.3) is 11.4 Å². The van der Waals surface area contributed by atoms with Crippen molar-refractivity contribution in [3.63, 3.8) is 0 Å².